The predicted octanol–water partition coefficient (Wildman–Crippen LogP) is 5.21. The lowest BCUT2D eigenvalue weighted by Crippen LogP contribution is -2.62. The Bertz CT molecular complexity index is 1760. The molecule has 0 unspecified atom stereocenters. The highest BCUT2D eigenvalue weighted by Gasteiger charge is 2.45. The molecule has 232 valence electrons. The van der Waals surface area contributed by atoms with Gasteiger partial charge in [0.1, 0.15) is 22.5 Å². The number of anilines is 3. The second kappa shape index (κ2) is 12.0. The number of nitriles is 1. The molecular weight excluding hydrogens is 589 g/mol. The monoisotopic (exact) mass is 625 g/mol. The number of thiazole rings is 1. The van der Waals surface area contributed by atoms with Crippen molar-refractivity contribution in [1.29, 1.82) is 5.26 Å². The Balaban J connectivity index is 1.06. The highest BCUT2D eigenvalue weighted by molar-refractivity contribution is 7.16. The van der Waals surface area contributed by atoms with E-state index in [2.05, 4.69) is 34.1 Å². The summed E-state index contributed by atoms with van der Waals surface area (Å²) in [5.74, 6) is -0.0886. The normalized spacial score (nSPS) is 18.2. The number of hydrogen-bond donors (Lipinski definition) is 0. The Morgan fingerprint density at radius 1 is 1.07 bits per heavy atom. The standard InChI is InChI=1S/C34H36FN7O2S/c1-23-17-29(39(2)33-38-32(30(19-36)45-33)24-3-5-25(35)6-4-24)27-18-26(7-8-28(27)37-23)41-13-11-40(12-14-41)20-31(43)42-21-34(22-42)9-15-44-16-10-34/h3-8,17-18H,9-16,20-22H2,1-2H3. The first-order chi connectivity index (χ1) is 21.8. The van der Waals surface area contributed by atoms with Crippen LogP contribution in [0.15, 0.2) is 48.5 Å². The van der Waals surface area contributed by atoms with Crippen LogP contribution in [-0.2, 0) is 9.53 Å². The third-order valence-electron chi connectivity index (χ3n) is 9.44. The van der Waals surface area contributed by atoms with Gasteiger partial charge in [-0.05, 0) is 68.3 Å². The molecule has 3 saturated heterocycles. The van der Waals surface area contributed by atoms with E-state index in [9.17, 15) is 14.4 Å². The molecule has 0 bridgehead atoms. The van der Waals surface area contributed by atoms with Crippen molar-refractivity contribution in [3.63, 3.8) is 0 Å². The summed E-state index contributed by atoms with van der Waals surface area (Å²) >= 11 is 1.31. The van der Waals surface area contributed by atoms with Crippen molar-refractivity contribution >= 4 is 44.7 Å². The van der Waals surface area contributed by atoms with Gasteiger partial charge >= 0.3 is 0 Å². The smallest absolute Gasteiger partial charge is 0.236 e. The van der Waals surface area contributed by atoms with Crippen molar-refractivity contribution in [3.8, 4) is 17.3 Å². The molecule has 0 aliphatic carbocycles. The van der Waals surface area contributed by atoms with Crippen molar-refractivity contribution < 1.29 is 13.9 Å². The Hall–Kier alpha value is -4.11. The quantitative estimate of drug-likeness (QED) is 0.289. The molecule has 9 nitrogen and oxygen atoms in total. The number of aromatic nitrogens is 2. The zero-order valence-corrected chi connectivity index (χ0v) is 26.4. The SMILES string of the molecule is Cc1cc(N(C)c2nc(-c3ccc(F)cc3)c(C#N)s2)c2cc(N3CCN(CC(=O)N4CC5(CCOCC5)C4)CC3)ccc2n1. The van der Waals surface area contributed by atoms with E-state index < -0.39 is 0 Å². The maximum Gasteiger partial charge on any atom is 0.236 e. The van der Waals surface area contributed by atoms with Gasteiger partial charge < -0.3 is 19.4 Å². The molecule has 3 aliphatic rings. The lowest BCUT2D eigenvalue weighted by Gasteiger charge is -2.52. The second-order valence-electron chi connectivity index (χ2n) is 12.5. The first kappa shape index (κ1) is 29.6. The first-order valence-corrected chi connectivity index (χ1v) is 16.3. The minimum Gasteiger partial charge on any atom is -0.381 e. The molecule has 7 rings (SSSR count). The van der Waals surface area contributed by atoms with Crippen LogP contribution >= 0.6 is 11.3 Å². The number of benzene rings is 2. The lowest BCUT2D eigenvalue weighted by atomic mass is 9.73. The minimum absolute atomic E-state index is 0.240. The van der Waals surface area contributed by atoms with Crippen molar-refractivity contribution in [2.24, 2.45) is 5.41 Å². The maximum absolute atomic E-state index is 13.5. The zero-order valence-electron chi connectivity index (χ0n) is 25.6. The van der Waals surface area contributed by atoms with Gasteiger partial charge in [0.15, 0.2) is 5.13 Å². The van der Waals surface area contributed by atoms with Gasteiger partial charge in [0, 0.05) is 87.3 Å². The number of pyridine rings is 1. The summed E-state index contributed by atoms with van der Waals surface area (Å²) in [5.41, 5.74) is 5.38. The van der Waals surface area contributed by atoms with Gasteiger partial charge in [-0.15, -0.1) is 0 Å². The Morgan fingerprint density at radius 3 is 2.51 bits per heavy atom. The van der Waals surface area contributed by atoms with Gasteiger partial charge in [0.25, 0.3) is 0 Å². The van der Waals surface area contributed by atoms with E-state index in [1.165, 1.54) is 23.5 Å². The van der Waals surface area contributed by atoms with E-state index in [1.807, 2.05) is 29.8 Å². The minimum atomic E-state index is -0.329. The number of fused-ring (bicyclic) bond motifs is 1. The Kier molecular flexibility index (Phi) is 7.89. The van der Waals surface area contributed by atoms with Crippen LogP contribution in [0.1, 0.15) is 23.4 Å². The summed E-state index contributed by atoms with van der Waals surface area (Å²) in [6, 6.07) is 16.7. The number of amides is 1. The third-order valence-corrected chi connectivity index (χ3v) is 10.5. The highest BCUT2D eigenvalue weighted by Crippen LogP contribution is 2.40. The van der Waals surface area contributed by atoms with E-state index in [1.54, 1.807) is 12.1 Å². The molecule has 11 heteroatoms. The average Bonchev–Trinajstić information content (AvgIpc) is 3.48. The van der Waals surface area contributed by atoms with E-state index >= 15 is 0 Å². The number of piperazine rings is 1. The Morgan fingerprint density at radius 2 is 1.80 bits per heavy atom. The van der Waals surface area contributed by atoms with Crippen LogP contribution in [0.25, 0.3) is 22.2 Å². The van der Waals surface area contributed by atoms with Crippen molar-refractivity contribution in [3.05, 3.63) is 64.9 Å². The number of halogens is 1. The van der Waals surface area contributed by atoms with Gasteiger partial charge in [0.05, 0.1) is 17.7 Å². The number of carbonyl (C=O) groups excluding carboxylic acids is 1. The van der Waals surface area contributed by atoms with Crippen LogP contribution in [0.5, 0.6) is 0 Å². The fraction of sp³-hybridized carbons (Fsp3) is 0.412. The van der Waals surface area contributed by atoms with Gasteiger partial charge in [-0.3, -0.25) is 14.7 Å². The van der Waals surface area contributed by atoms with Crippen LogP contribution in [0.3, 0.4) is 0 Å². The summed E-state index contributed by atoms with van der Waals surface area (Å²) in [4.78, 5) is 31.7. The van der Waals surface area contributed by atoms with Crippen LogP contribution in [0.2, 0.25) is 0 Å². The molecular formula is C34H36FN7O2S. The van der Waals surface area contributed by atoms with Gasteiger partial charge in [-0.2, -0.15) is 5.26 Å². The van der Waals surface area contributed by atoms with Gasteiger partial charge in [-0.25, -0.2) is 9.37 Å². The topological polar surface area (TPSA) is 88.8 Å². The molecule has 5 heterocycles. The molecule has 2 aromatic carbocycles. The maximum atomic E-state index is 13.5. The molecule has 0 saturated carbocycles. The molecule has 45 heavy (non-hydrogen) atoms. The van der Waals surface area contributed by atoms with Crippen molar-refractivity contribution in [2.75, 3.05) is 75.9 Å². The summed E-state index contributed by atoms with van der Waals surface area (Å²) in [6.07, 6.45) is 2.13. The molecule has 3 fully saturated rings. The fourth-order valence-corrected chi connectivity index (χ4v) is 7.61. The number of ether oxygens (including phenoxy) is 1. The number of likely N-dealkylation sites (tertiary alicyclic amines) is 1. The molecule has 4 aromatic rings. The van der Waals surface area contributed by atoms with E-state index in [0.717, 1.165) is 93.3 Å². The first-order valence-electron chi connectivity index (χ1n) is 15.5. The predicted molar refractivity (Wildman–Crippen MR) is 174 cm³/mol. The number of aryl methyl sites for hydroxylation is 1. The molecule has 1 amide bonds. The van der Waals surface area contributed by atoms with E-state index in [-0.39, 0.29) is 11.7 Å². The number of rotatable bonds is 6. The summed E-state index contributed by atoms with van der Waals surface area (Å²) in [7, 11) is 1.95. The average molecular weight is 626 g/mol. The van der Waals surface area contributed by atoms with Crippen LogP contribution < -0.4 is 9.80 Å². The van der Waals surface area contributed by atoms with Crippen LogP contribution in [0.4, 0.5) is 20.9 Å². The number of hydrogen-bond acceptors (Lipinski definition) is 9. The van der Waals surface area contributed by atoms with Gasteiger partial charge in [0.2, 0.25) is 5.91 Å². The molecule has 3 aliphatic heterocycles. The van der Waals surface area contributed by atoms with Crippen molar-refractivity contribution in [1.82, 2.24) is 19.8 Å². The highest BCUT2D eigenvalue weighted by atomic mass is 32.1. The van der Waals surface area contributed by atoms with Crippen LogP contribution in [0, 0.1) is 29.5 Å². The summed E-state index contributed by atoms with van der Waals surface area (Å²) < 4.78 is 19.1. The molecule has 0 radical (unpaired) electrons. The Labute approximate surface area is 266 Å². The lowest BCUT2D eigenvalue weighted by molar-refractivity contribution is -0.151. The van der Waals surface area contributed by atoms with Crippen molar-refractivity contribution in [2.45, 2.75) is 19.8 Å². The number of nitrogens with zero attached hydrogens (tertiary/aromatic N) is 7. The zero-order chi connectivity index (χ0) is 31.1. The van der Waals surface area contributed by atoms with E-state index in [0.29, 0.717) is 33.2 Å². The van der Waals surface area contributed by atoms with Crippen LogP contribution in [-0.4, -0.2) is 91.7 Å². The third kappa shape index (κ3) is 5.86. The van der Waals surface area contributed by atoms with Gasteiger partial charge in [-0.1, -0.05) is 11.3 Å². The fourth-order valence-electron chi connectivity index (χ4n) is 6.75. The van der Waals surface area contributed by atoms with E-state index in [4.69, 9.17) is 14.7 Å². The number of carbonyl (C=O) groups is 1. The summed E-state index contributed by atoms with van der Waals surface area (Å²) in [6.45, 7) is 9.18. The molecule has 0 atom stereocenters. The molecule has 1 spiro atoms. The molecule has 0 N–H and O–H groups in total. The summed E-state index contributed by atoms with van der Waals surface area (Å²) in [5, 5.41) is 11.5. The second-order valence-corrected chi connectivity index (χ2v) is 13.4. The largest absolute Gasteiger partial charge is 0.381 e. The molecule has 2 aromatic heterocycles.